The van der Waals surface area contributed by atoms with E-state index in [1.165, 1.54) is 7.11 Å². The Morgan fingerprint density at radius 3 is 2.25 bits per heavy atom. The first-order valence-corrected chi connectivity index (χ1v) is 6.44. The molecule has 1 rings (SSSR count). The molecule has 2 N–H and O–H groups in total. The molecule has 0 fully saturated rings. The van der Waals surface area contributed by atoms with Gasteiger partial charge in [0.2, 0.25) is 0 Å². The third kappa shape index (κ3) is 4.74. The van der Waals surface area contributed by atoms with Crippen LogP contribution >= 0.6 is 0 Å². The Bertz CT molecular complexity index is 484. The lowest BCUT2D eigenvalue weighted by Crippen LogP contribution is -2.27. The van der Waals surface area contributed by atoms with Gasteiger partial charge in [0.25, 0.3) is 0 Å². The zero-order chi connectivity index (χ0) is 15.6. The minimum atomic E-state index is -1.07. The second-order valence-corrected chi connectivity index (χ2v) is 6.10. The number of benzene rings is 1. The Labute approximate surface area is 119 Å². The van der Waals surface area contributed by atoms with Gasteiger partial charge < -0.3 is 14.6 Å². The van der Waals surface area contributed by atoms with Crippen LogP contribution in [0.1, 0.15) is 40.2 Å². The van der Waals surface area contributed by atoms with Gasteiger partial charge in [0.05, 0.1) is 12.7 Å². The fraction of sp³-hybridized carbons (Fsp3) is 0.533. The molecular formula is C15H23NO4. The molecule has 5 heteroatoms. The fourth-order valence-corrected chi connectivity index (χ4v) is 1.69. The number of hydrogen-bond acceptors (Lipinski definition) is 4. The van der Waals surface area contributed by atoms with E-state index in [1.807, 2.05) is 0 Å². The van der Waals surface area contributed by atoms with Crippen molar-refractivity contribution in [1.29, 1.82) is 0 Å². The van der Waals surface area contributed by atoms with Gasteiger partial charge in [-0.2, -0.15) is 0 Å². The summed E-state index contributed by atoms with van der Waals surface area (Å²) in [4.78, 5) is 11.7. The largest absolute Gasteiger partial charge is 0.496 e. The summed E-state index contributed by atoms with van der Waals surface area (Å²) in [5.74, 6) is 0.562. The zero-order valence-electron chi connectivity index (χ0n) is 12.9. The van der Waals surface area contributed by atoms with E-state index >= 15 is 0 Å². The van der Waals surface area contributed by atoms with Crippen LogP contribution in [0.4, 0.5) is 10.5 Å². The monoisotopic (exact) mass is 281 g/mol. The van der Waals surface area contributed by atoms with Crippen molar-refractivity contribution in [3.8, 4) is 5.75 Å². The number of anilines is 1. The Balaban J connectivity index is 2.96. The van der Waals surface area contributed by atoms with Crippen LogP contribution in [0, 0.1) is 0 Å². The number of nitrogens with one attached hydrogen (secondary N) is 1. The molecule has 1 aromatic carbocycles. The van der Waals surface area contributed by atoms with E-state index in [1.54, 1.807) is 52.8 Å². The Morgan fingerprint density at radius 1 is 1.20 bits per heavy atom. The Kier molecular flexibility index (Phi) is 4.65. The number of methoxy groups -OCH3 is 1. The topological polar surface area (TPSA) is 67.8 Å². The first-order valence-electron chi connectivity index (χ1n) is 6.44. The standard InChI is InChI=1S/C15H23NO4/c1-14(2,3)20-13(17)16-10-7-8-12(19-6)11(9-10)15(4,5)18/h7-9,18H,1-6H3,(H,16,17). The maximum Gasteiger partial charge on any atom is 0.412 e. The number of aliphatic hydroxyl groups is 1. The third-order valence-corrected chi connectivity index (χ3v) is 2.50. The lowest BCUT2D eigenvalue weighted by Gasteiger charge is -2.23. The Hall–Kier alpha value is -1.75. The molecule has 0 radical (unpaired) electrons. The Morgan fingerprint density at radius 2 is 1.80 bits per heavy atom. The van der Waals surface area contributed by atoms with Crippen molar-refractivity contribution >= 4 is 11.8 Å². The number of amides is 1. The van der Waals surface area contributed by atoms with Crippen LogP contribution in [0.5, 0.6) is 5.75 Å². The van der Waals surface area contributed by atoms with Crippen molar-refractivity contribution < 1.29 is 19.4 Å². The lowest BCUT2D eigenvalue weighted by molar-refractivity contribution is 0.0633. The second kappa shape index (κ2) is 5.71. The molecule has 20 heavy (non-hydrogen) atoms. The van der Waals surface area contributed by atoms with Crippen molar-refractivity contribution in [2.24, 2.45) is 0 Å². The number of ether oxygens (including phenoxy) is 2. The molecule has 0 aliphatic heterocycles. The summed E-state index contributed by atoms with van der Waals surface area (Å²) in [5.41, 5.74) is -0.502. The smallest absolute Gasteiger partial charge is 0.412 e. The van der Waals surface area contributed by atoms with Crippen molar-refractivity contribution in [3.63, 3.8) is 0 Å². The highest BCUT2D eigenvalue weighted by Crippen LogP contribution is 2.32. The minimum Gasteiger partial charge on any atom is -0.496 e. The van der Waals surface area contributed by atoms with E-state index in [-0.39, 0.29) is 0 Å². The van der Waals surface area contributed by atoms with Crippen LogP contribution in [-0.2, 0) is 10.3 Å². The van der Waals surface area contributed by atoms with Crippen molar-refractivity contribution in [2.75, 3.05) is 12.4 Å². The highest BCUT2D eigenvalue weighted by atomic mass is 16.6. The van der Waals surface area contributed by atoms with Gasteiger partial charge in [0, 0.05) is 11.3 Å². The number of hydrogen-bond donors (Lipinski definition) is 2. The maximum absolute atomic E-state index is 11.7. The van der Waals surface area contributed by atoms with Gasteiger partial charge in [0.15, 0.2) is 0 Å². The molecule has 5 nitrogen and oxygen atoms in total. The van der Waals surface area contributed by atoms with Crippen molar-refractivity contribution in [2.45, 2.75) is 45.8 Å². The molecule has 0 heterocycles. The SMILES string of the molecule is COc1ccc(NC(=O)OC(C)(C)C)cc1C(C)(C)O. The number of rotatable bonds is 3. The molecule has 1 aromatic rings. The van der Waals surface area contributed by atoms with Crippen LogP contribution in [0.2, 0.25) is 0 Å². The van der Waals surface area contributed by atoms with E-state index in [0.717, 1.165) is 0 Å². The molecule has 0 aliphatic rings. The van der Waals surface area contributed by atoms with Gasteiger partial charge in [-0.05, 0) is 52.8 Å². The van der Waals surface area contributed by atoms with E-state index in [9.17, 15) is 9.90 Å². The summed E-state index contributed by atoms with van der Waals surface area (Å²) in [6.45, 7) is 8.69. The van der Waals surface area contributed by atoms with E-state index in [0.29, 0.717) is 17.0 Å². The van der Waals surface area contributed by atoms with Crippen LogP contribution in [0.15, 0.2) is 18.2 Å². The minimum absolute atomic E-state index is 0.538. The van der Waals surface area contributed by atoms with E-state index in [2.05, 4.69) is 5.32 Å². The molecule has 1 amide bonds. The first kappa shape index (κ1) is 16.3. The average Bonchev–Trinajstić information content (AvgIpc) is 2.25. The predicted molar refractivity (Wildman–Crippen MR) is 78.1 cm³/mol. The summed E-state index contributed by atoms with van der Waals surface area (Å²) < 4.78 is 10.4. The zero-order valence-corrected chi connectivity index (χ0v) is 12.9. The molecule has 0 saturated heterocycles. The van der Waals surface area contributed by atoms with Crippen molar-refractivity contribution in [1.82, 2.24) is 0 Å². The average molecular weight is 281 g/mol. The van der Waals surface area contributed by atoms with E-state index < -0.39 is 17.3 Å². The second-order valence-electron chi connectivity index (χ2n) is 6.10. The maximum atomic E-state index is 11.7. The molecule has 0 unspecified atom stereocenters. The summed E-state index contributed by atoms with van der Waals surface area (Å²) in [7, 11) is 1.53. The molecule has 0 aliphatic carbocycles. The molecule has 0 aromatic heterocycles. The van der Waals surface area contributed by atoms with Gasteiger partial charge >= 0.3 is 6.09 Å². The van der Waals surface area contributed by atoms with Gasteiger partial charge in [-0.3, -0.25) is 5.32 Å². The van der Waals surface area contributed by atoms with Crippen molar-refractivity contribution in [3.05, 3.63) is 23.8 Å². The van der Waals surface area contributed by atoms with E-state index in [4.69, 9.17) is 9.47 Å². The van der Waals surface area contributed by atoms with Gasteiger partial charge in [-0.15, -0.1) is 0 Å². The normalized spacial score (nSPS) is 11.9. The molecule has 0 spiro atoms. The molecule has 0 bridgehead atoms. The third-order valence-electron chi connectivity index (χ3n) is 2.50. The van der Waals surface area contributed by atoms with Gasteiger partial charge in [-0.25, -0.2) is 4.79 Å². The summed E-state index contributed by atoms with van der Waals surface area (Å²) in [6, 6.07) is 5.06. The fourth-order valence-electron chi connectivity index (χ4n) is 1.69. The summed E-state index contributed by atoms with van der Waals surface area (Å²) in [5, 5.41) is 12.8. The van der Waals surface area contributed by atoms with Crippen LogP contribution in [0.25, 0.3) is 0 Å². The van der Waals surface area contributed by atoms with Gasteiger partial charge in [-0.1, -0.05) is 0 Å². The quantitative estimate of drug-likeness (QED) is 0.892. The lowest BCUT2D eigenvalue weighted by atomic mass is 9.97. The molecular weight excluding hydrogens is 258 g/mol. The summed E-state index contributed by atoms with van der Waals surface area (Å²) >= 11 is 0. The molecule has 0 atom stereocenters. The van der Waals surface area contributed by atoms with Crippen LogP contribution < -0.4 is 10.1 Å². The van der Waals surface area contributed by atoms with Gasteiger partial charge in [0.1, 0.15) is 11.4 Å². The number of carbonyl (C=O) groups excluding carboxylic acids is 1. The highest BCUT2D eigenvalue weighted by molar-refractivity contribution is 5.85. The summed E-state index contributed by atoms with van der Waals surface area (Å²) in [6.07, 6.45) is -0.538. The molecule has 112 valence electrons. The highest BCUT2D eigenvalue weighted by Gasteiger charge is 2.22. The predicted octanol–water partition coefficient (Wildman–Crippen LogP) is 3.27. The number of carbonyl (C=O) groups is 1. The first-order chi connectivity index (χ1) is 9.03. The van der Waals surface area contributed by atoms with Crippen LogP contribution in [0.3, 0.4) is 0 Å². The molecule has 0 saturated carbocycles. The van der Waals surface area contributed by atoms with Crippen LogP contribution in [-0.4, -0.2) is 23.9 Å².